The minimum Gasteiger partial charge on any atom is -0.872 e. The maximum atomic E-state index is 15.1. The third kappa shape index (κ3) is 4.47. The molecule has 1 aromatic rings. The van der Waals surface area contributed by atoms with Gasteiger partial charge in [0.15, 0.2) is 0 Å². The van der Waals surface area contributed by atoms with Gasteiger partial charge in [-0.2, -0.15) is 0 Å². The van der Waals surface area contributed by atoms with E-state index in [1.54, 1.807) is 12.1 Å². The van der Waals surface area contributed by atoms with E-state index in [0.717, 1.165) is 25.6 Å². The van der Waals surface area contributed by atoms with Crippen LogP contribution in [-0.4, -0.2) is 24.5 Å². The van der Waals surface area contributed by atoms with Crippen LogP contribution in [0.3, 0.4) is 0 Å². The van der Waals surface area contributed by atoms with E-state index < -0.39 is 5.67 Å². The molecule has 0 unspecified atom stereocenters. The van der Waals surface area contributed by atoms with Crippen LogP contribution in [0.25, 0.3) is 0 Å². The quantitative estimate of drug-likeness (QED) is 0.805. The third-order valence-corrected chi connectivity index (χ3v) is 5.81. The molecule has 2 fully saturated rings. The van der Waals surface area contributed by atoms with Crippen LogP contribution in [0.5, 0.6) is 5.75 Å². The van der Waals surface area contributed by atoms with Crippen LogP contribution in [0.1, 0.15) is 63.4 Å². The molecule has 2 nitrogen and oxygen atoms in total. The Morgan fingerprint density at radius 3 is 2.57 bits per heavy atom. The summed E-state index contributed by atoms with van der Waals surface area (Å²) >= 11 is 0. The molecule has 128 valence electrons. The van der Waals surface area contributed by atoms with Gasteiger partial charge in [-0.15, -0.1) is 5.75 Å². The number of benzene rings is 1. The van der Waals surface area contributed by atoms with Crippen molar-refractivity contribution < 1.29 is 9.50 Å². The lowest BCUT2D eigenvalue weighted by molar-refractivity contribution is -0.268. The number of rotatable bonds is 5. The first-order valence-electron chi connectivity index (χ1n) is 9.35. The molecule has 0 amide bonds. The fourth-order valence-electron chi connectivity index (χ4n) is 4.27. The van der Waals surface area contributed by atoms with Gasteiger partial charge in [-0.3, -0.25) is 0 Å². The van der Waals surface area contributed by atoms with Crippen LogP contribution >= 0.6 is 0 Å². The largest absolute Gasteiger partial charge is 0.872 e. The van der Waals surface area contributed by atoms with E-state index >= 15 is 4.39 Å². The van der Waals surface area contributed by atoms with E-state index in [9.17, 15) is 5.11 Å². The summed E-state index contributed by atoms with van der Waals surface area (Å²) in [6, 6.07) is 6.40. The predicted molar refractivity (Wildman–Crippen MR) is 90.2 cm³/mol. The number of likely N-dealkylation sites (tertiary alicyclic amines) is 1. The molecule has 1 heterocycles. The van der Waals surface area contributed by atoms with E-state index in [0.29, 0.717) is 18.4 Å². The lowest BCUT2D eigenvalue weighted by Gasteiger charge is -2.37. The highest BCUT2D eigenvalue weighted by Gasteiger charge is 2.35. The summed E-state index contributed by atoms with van der Waals surface area (Å²) in [5.41, 5.74) is -0.729. The van der Waals surface area contributed by atoms with Crippen molar-refractivity contribution in [2.45, 2.75) is 63.5 Å². The van der Waals surface area contributed by atoms with Crippen LogP contribution in [0.4, 0.5) is 4.39 Å². The summed E-state index contributed by atoms with van der Waals surface area (Å²) in [5.74, 6) is 0.850. The second kappa shape index (κ2) is 7.65. The molecule has 1 saturated heterocycles. The standard InChI is InChI=1S/C20H30FNO/c21-20(18-9-4-10-19(23)16-18)11-14-22(15-12-20)13-5-8-17-6-2-1-3-7-17/h4,9-10,16-17,23H,1-3,5-8,11-15H2/p-1. The summed E-state index contributed by atoms with van der Waals surface area (Å²) in [4.78, 5) is 2.40. The van der Waals surface area contributed by atoms with Gasteiger partial charge < -0.3 is 10.0 Å². The van der Waals surface area contributed by atoms with Gasteiger partial charge in [-0.1, -0.05) is 56.4 Å². The number of nitrogens with zero attached hydrogens (tertiary/aromatic N) is 1. The van der Waals surface area contributed by atoms with E-state index in [1.165, 1.54) is 57.1 Å². The van der Waals surface area contributed by atoms with Gasteiger partial charge >= 0.3 is 0 Å². The second-order valence-corrected chi connectivity index (χ2v) is 7.48. The van der Waals surface area contributed by atoms with Crippen molar-refractivity contribution >= 4 is 0 Å². The molecule has 1 aliphatic carbocycles. The smallest absolute Gasteiger partial charge is 0.138 e. The Hall–Kier alpha value is -1.09. The zero-order chi connectivity index (χ0) is 16.1. The lowest BCUT2D eigenvalue weighted by Crippen LogP contribution is -2.40. The Morgan fingerprint density at radius 2 is 1.87 bits per heavy atom. The Labute approximate surface area is 139 Å². The topological polar surface area (TPSA) is 26.3 Å². The van der Waals surface area contributed by atoms with Crippen LogP contribution in [0, 0.1) is 5.92 Å². The zero-order valence-electron chi connectivity index (χ0n) is 14.1. The molecule has 1 saturated carbocycles. The number of alkyl halides is 1. The highest BCUT2D eigenvalue weighted by Crippen LogP contribution is 2.38. The number of piperidine rings is 1. The van der Waals surface area contributed by atoms with E-state index in [1.807, 2.05) is 0 Å². The van der Waals surface area contributed by atoms with Gasteiger partial charge in [0.2, 0.25) is 0 Å². The molecule has 0 bridgehead atoms. The summed E-state index contributed by atoms with van der Waals surface area (Å²) in [5, 5.41) is 11.5. The van der Waals surface area contributed by atoms with Crippen molar-refractivity contribution in [3.8, 4) is 5.75 Å². The van der Waals surface area contributed by atoms with Crippen LogP contribution < -0.4 is 5.11 Å². The number of hydrogen-bond acceptors (Lipinski definition) is 2. The van der Waals surface area contributed by atoms with Crippen molar-refractivity contribution in [3.05, 3.63) is 29.8 Å². The highest BCUT2D eigenvalue weighted by molar-refractivity contribution is 5.31. The van der Waals surface area contributed by atoms with Gasteiger partial charge in [0.05, 0.1) is 0 Å². The summed E-state index contributed by atoms with van der Waals surface area (Å²) in [6.45, 7) is 2.72. The first kappa shape index (κ1) is 16.8. The predicted octanol–water partition coefficient (Wildman–Crippen LogP) is 4.38. The van der Waals surface area contributed by atoms with E-state index in [-0.39, 0.29) is 5.75 Å². The molecule has 3 heteroatoms. The number of halogens is 1. The minimum atomic E-state index is -1.31. The molecule has 0 aromatic heterocycles. The monoisotopic (exact) mass is 318 g/mol. The summed E-state index contributed by atoms with van der Waals surface area (Å²) in [6.07, 6.45) is 10.7. The van der Waals surface area contributed by atoms with Crippen LogP contribution in [0.15, 0.2) is 24.3 Å². The normalized spacial score (nSPS) is 23.0. The van der Waals surface area contributed by atoms with Crippen molar-refractivity contribution in [3.63, 3.8) is 0 Å². The summed E-state index contributed by atoms with van der Waals surface area (Å²) < 4.78 is 15.1. The first-order valence-corrected chi connectivity index (χ1v) is 9.35. The maximum Gasteiger partial charge on any atom is 0.138 e. The van der Waals surface area contributed by atoms with Gasteiger partial charge in [0, 0.05) is 13.1 Å². The minimum absolute atomic E-state index is 0.0885. The molecular weight excluding hydrogens is 289 g/mol. The summed E-state index contributed by atoms with van der Waals surface area (Å²) in [7, 11) is 0. The maximum absolute atomic E-state index is 15.1. The highest BCUT2D eigenvalue weighted by atomic mass is 19.1. The second-order valence-electron chi connectivity index (χ2n) is 7.48. The van der Waals surface area contributed by atoms with Gasteiger partial charge in [0.1, 0.15) is 5.67 Å². The molecule has 2 aliphatic rings. The molecule has 3 rings (SSSR count). The average molecular weight is 318 g/mol. The van der Waals surface area contributed by atoms with Gasteiger partial charge in [-0.25, -0.2) is 4.39 Å². The Kier molecular flexibility index (Phi) is 5.58. The average Bonchev–Trinajstić information content (AvgIpc) is 2.58. The SMILES string of the molecule is [O-]c1cccc(C2(F)CCN(CCCC3CCCCC3)CC2)c1. The molecule has 1 aliphatic heterocycles. The zero-order valence-corrected chi connectivity index (χ0v) is 14.1. The van der Waals surface area contributed by atoms with Crippen molar-refractivity contribution in [2.75, 3.05) is 19.6 Å². The molecule has 23 heavy (non-hydrogen) atoms. The molecule has 0 spiro atoms. The molecular formula is C20H29FNO-. The molecule has 0 radical (unpaired) electrons. The van der Waals surface area contributed by atoms with Gasteiger partial charge in [0.25, 0.3) is 0 Å². The van der Waals surface area contributed by atoms with Crippen molar-refractivity contribution in [2.24, 2.45) is 5.92 Å². The van der Waals surface area contributed by atoms with Crippen molar-refractivity contribution in [1.82, 2.24) is 4.90 Å². The Balaban J connectivity index is 1.43. The molecule has 1 aromatic carbocycles. The van der Waals surface area contributed by atoms with Crippen molar-refractivity contribution in [1.29, 1.82) is 0 Å². The van der Waals surface area contributed by atoms with Crippen LogP contribution in [-0.2, 0) is 5.67 Å². The van der Waals surface area contributed by atoms with Crippen LogP contribution in [0.2, 0.25) is 0 Å². The third-order valence-electron chi connectivity index (χ3n) is 5.81. The Morgan fingerprint density at radius 1 is 1.13 bits per heavy atom. The fraction of sp³-hybridized carbons (Fsp3) is 0.700. The van der Waals surface area contributed by atoms with E-state index in [4.69, 9.17) is 0 Å². The Bertz CT molecular complexity index is 490. The first-order chi connectivity index (χ1) is 11.2. The molecule has 0 N–H and O–H groups in total. The van der Waals surface area contributed by atoms with E-state index in [2.05, 4.69) is 4.90 Å². The number of hydrogen-bond donors (Lipinski definition) is 0. The lowest BCUT2D eigenvalue weighted by atomic mass is 9.85. The molecule has 0 atom stereocenters. The van der Waals surface area contributed by atoms with Gasteiger partial charge in [-0.05, 0) is 43.7 Å². The fourth-order valence-corrected chi connectivity index (χ4v) is 4.27.